The summed E-state index contributed by atoms with van der Waals surface area (Å²) in [5.74, 6) is 0.930. The first-order valence-electron chi connectivity index (χ1n) is 10.3. The Kier molecular flexibility index (Phi) is 5.52. The number of hydrogen-bond acceptors (Lipinski definition) is 5. The number of aromatic nitrogens is 5. The van der Waals surface area contributed by atoms with E-state index >= 15 is 0 Å². The molecule has 1 fully saturated rings. The number of carbonyl (C=O) groups is 2. The van der Waals surface area contributed by atoms with Crippen molar-refractivity contribution in [2.45, 2.75) is 39.0 Å². The SMILES string of the molecule is Cc1ncc2c(=O)[nH]c(CCCC(=O)N3CCC(C(=O)c4cnn(C)c4)CC3)cn12. The van der Waals surface area contributed by atoms with Gasteiger partial charge in [0.15, 0.2) is 5.78 Å². The minimum Gasteiger partial charge on any atom is -0.343 e. The van der Waals surface area contributed by atoms with Gasteiger partial charge >= 0.3 is 0 Å². The standard InChI is InChI=1S/C21H26N6O3/c1-14-22-11-18-21(30)24-17(13-27(14)18)4-3-5-19(28)26-8-6-15(7-9-26)20(29)16-10-23-25(2)12-16/h10-13,15H,3-9H2,1-2H3,(H,24,30). The lowest BCUT2D eigenvalue weighted by atomic mass is 9.90. The van der Waals surface area contributed by atoms with Crippen LogP contribution in [0.4, 0.5) is 0 Å². The van der Waals surface area contributed by atoms with Gasteiger partial charge in [-0.3, -0.25) is 23.5 Å². The number of hydrogen-bond donors (Lipinski definition) is 1. The Hall–Kier alpha value is -3.23. The average Bonchev–Trinajstić information content (AvgIpc) is 3.34. The Balaban J connectivity index is 1.27. The Morgan fingerprint density at radius 1 is 1.20 bits per heavy atom. The van der Waals surface area contributed by atoms with E-state index in [1.165, 1.54) is 0 Å². The summed E-state index contributed by atoms with van der Waals surface area (Å²) in [6.45, 7) is 3.06. The van der Waals surface area contributed by atoms with Crippen LogP contribution in [0.3, 0.4) is 0 Å². The normalized spacial score (nSPS) is 15.1. The number of nitrogens with one attached hydrogen (secondary N) is 1. The van der Waals surface area contributed by atoms with Gasteiger partial charge in [0.1, 0.15) is 11.3 Å². The molecule has 4 heterocycles. The van der Waals surface area contributed by atoms with E-state index in [0.717, 1.165) is 11.5 Å². The number of aryl methyl sites for hydroxylation is 3. The lowest BCUT2D eigenvalue weighted by Crippen LogP contribution is -2.40. The highest BCUT2D eigenvalue weighted by atomic mass is 16.2. The predicted octanol–water partition coefficient (Wildman–Crippen LogP) is 1.51. The number of imidazole rings is 1. The van der Waals surface area contributed by atoms with Crippen LogP contribution in [0.25, 0.3) is 5.52 Å². The number of carbonyl (C=O) groups excluding carboxylic acids is 2. The van der Waals surface area contributed by atoms with Crippen LogP contribution in [0.2, 0.25) is 0 Å². The maximum Gasteiger partial charge on any atom is 0.274 e. The topological polar surface area (TPSA) is 105 Å². The van der Waals surface area contributed by atoms with E-state index in [-0.39, 0.29) is 23.2 Å². The number of fused-ring (bicyclic) bond motifs is 1. The summed E-state index contributed by atoms with van der Waals surface area (Å²) < 4.78 is 3.41. The minimum absolute atomic E-state index is 0.0477. The van der Waals surface area contributed by atoms with Gasteiger partial charge in [0.25, 0.3) is 5.56 Å². The first kappa shape index (κ1) is 20.1. The van der Waals surface area contributed by atoms with E-state index in [4.69, 9.17) is 0 Å². The molecule has 0 bridgehead atoms. The summed E-state index contributed by atoms with van der Waals surface area (Å²) in [6.07, 6.45) is 9.84. The number of likely N-dealkylation sites (tertiary alicyclic amines) is 1. The third-order valence-corrected chi connectivity index (χ3v) is 5.82. The van der Waals surface area contributed by atoms with Gasteiger partial charge in [-0.15, -0.1) is 0 Å². The number of rotatable bonds is 6. The average molecular weight is 410 g/mol. The van der Waals surface area contributed by atoms with Gasteiger partial charge in [0.05, 0.1) is 18.0 Å². The second-order valence-electron chi connectivity index (χ2n) is 7.94. The maximum atomic E-state index is 12.6. The molecule has 9 heteroatoms. The first-order valence-corrected chi connectivity index (χ1v) is 10.3. The van der Waals surface area contributed by atoms with Crippen LogP contribution < -0.4 is 5.56 Å². The van der Waals surface area contributed by atoms with Crippen molar-refractivity contribution in [1.82, 2.24) is 29.0 Å². The van der Waals surface area contributed by atoms with Crippen LogP contribution in [0.1, 0.15) is 47.6 Å². The highest BCUT2D eigenvalue weighted by Crippen LogP contribution is 2.22. The molecule has 0 atom stereocenters. The zero-order chi connectivity index (χ0) is 21.3. The van der Waals surface area contributed by atoms with E-state index < -0.39 is 0 Å². The molecule has 1 saturated heterocycles. The van der Waals surface area contributed by atoms with Crippen molar-refractivity contribution in [3.63, 3.8) is 0 Å². The van der Waals surface area contributed by atoms with Gasteiger partial charge in [0, 0.05) is 50.6 Å². The van der Waals surface area contributed by atoms with Crippen molar-refractivity contribution in [1.29, 1.82) is 0 Å². The number of ketones is 1. The van der Waals surface area contributed by atoms with Crippen LogP contribution in [0, 0.1) is 12.8 Å². The van der Waals surface area contributed by atoms with E-state index in [1.54, 1.807) is 34.7 Å². The molecule has 30 heavy (non-hydrogen) atoms. The largest absolute Gasteiger partial charge is 0.343 e. The molecule has 0 aliphatic carbocycles. The highest BCUT2D eigenvalue weighted by Gasteiger charge is 2.28. The van der Waals surface area contributed by atoms with E-state index in [0.29, 0.717) is 56.3 Å². The second-order valence-corrected chi connectivity index (χ2v) is 7.94. The molecule has 1 aliphatic rings. The molecule has 3 aromatic rings. The molecule has 0 radical (unpaired) electrons. The van der Waals surface area contributed by atoms with E-state index in [9.17, 15) is 14.4 Å². The molecule has 0 spiro atoms. The molecule has 158 valence electrons. The van der Waals surface area contributed by atoms with Crippen molar-refractivity contribution in [3.8, 4) is 0 Å². The van der Waals surface area contributed by atoms with E-state index in [1.807, 2.05) is 18.0 Å². The quantitative estimate of drug-likeness (QED) is 0.620. The summed E-state index contributed by atoms with van der Waals surface area (Å²) in [5.41, 5.74) is 1.79. The Morgan fingerprint density at radius 2 is 1.97 bits per heavy atom. The Labute approximate surface area is 173 Å². The number of H-pyrrole nitrogens is 1. The van der Waals surface area contributed by atoms with Crippen molar-refractivity contribution in [2.75, 3.05) is 13.1 Å². The molecule has 0 saturated carbocycles. The summed E-state index contributed by atoms with van der Waals surface area (Å²) in [5, 5.41) is 4.06. The summed E-state index contributed by atoms with van der Waals surface area (Å²) in [7, 11) is 1.79. The third kappa shape index (κ3) is 4.05. The number of nitrogens with zero attached hydrogens (tertiary/aromatic N) is 5. The molecule has 9 nitrogen and oxygen atoms in total. The Morgan fingerprint density at radius 3 is 2.67 bits per heavy atom. The lowest BCUT2D eigenvalue weighted by Gasteiger charge is -2.31. The molecule has 1 amide bonds. The minimum atomic E-state index is -0.167. The second kappa shape index (κ2) is 8.25. The van der Waals surface area contributed by atoms with Crippen LogP contribution in [0.15, 0.2) is 29.6 Å². The fourth-order valence-corrected chi connectivity index (χ4v) is 4.07. The zero-order valence-electron chi connectivity index (χ0n) is 17.3. The number of aromatic amines is 1. The Bertz CT molecular complexity index is 1130. The summed E-state index contributed by atoms with van der Waals surface area (Å²) in [6, 6.07) is 0. The molecular weight excluding hydrogens is 384 g/mol. The van der Waals surface area contributed by atoms with Crippen LogP contribution >= 0.6 is 0 Å². The van der Waals surface area contributed by atoms with Gasteiger partial charge in [0.2, 0.25) is 5.91 Å². The van der Waals surface area contributed by atoms with Gasteiger partial charge in [-0.25, -0.2) is 4.98 Å². The number of amides is 1. The van der Waals surface area contributed by atoms with Crippen molar-refractivity contribution in [2.24, 2.45) is 13.0 Å². The van der Waals surface area contributed by atoms with Crippen molar-refractivity contribution in [3.05, 3.63) is 52.2 Å². The van der Waals surface area contributed by atoms with Gasteiger partial charge in [-0.1, -0.05) is 0 Å². The zero-order valence-corrected chi connectivity index (χ0v) is 17.3. The smallest absolute Gasteiger partial charge is 0.274 e. The van der Waals surface area contributed by atoms with Gasteiger partial charge in [-0.2, -0.15) is 5.10 Å². The monoisotopic (exact) mass is 410 g/mol. The van der Waals surface area contributed by atoms with Crippen LogP contribution in [0.5, 0.6) is 0 Å². The molecule has 4 rings (SSSR count). The fraction of sp³-hybridized carbons (Fsp3) is 0.476. The van der Waals surface area contributed by atoms with Gasteiger partial charge in [-0.05, 0) is 32.6 Å². The summed E-state index contributed by atoms with van der Waals surface area (Å²) >= 11 is 0. The van der Waals surface area contributed by atoms with Gasteiger partial charge < -0.3 is 9.88 Å². The number of Topliss-reactive ketones (excluding diaryl/α,β-unsaturated/α-hetero) is 1. The molecule has 0 unspecified atom stereocenters. The first-order chi connectivity index (χ1) is 14.4. The van der Waals surface area contributed by atoms with Crippen LogP contribution in [-0.4, -0.2) is 53.8 Å². The molecule has 3 aromatic heterocycles. The third-order valence-electron chi connectivity index (χ3n) is 5.82. The lowest BCUT2D eigenvalue weighted by molar-refractivity contribution is -0.132. The van der Waals surface area contributed by atoms with Crippen molar-refractivity contribution < 1.29 is 9.59 Å². The molecule has 0 aromatic carbocycles. The maximum absolute atomic E-state index is 12.6. The predicted molar refractivity (Wildman–Crippen MR) is 110 cm³/mol. The highest BCUT2D eigenvalue weighted by molar-refractivity contribution is 5.97. The molecular formula is C21H26N6O3. The summed E-state index contributed by atoms with van der Waals surface area (Å²) in [4.78, 5) is 46.1. The molecule has 1 aliphatic heterocycles. The molecule has 1 N–H and O–H groups in total. The van der Waals surface area contributed by atoms with E-state index in [2.05, 4.69) is 15.1 Å². The van der Waals surface area contributed by atoms with Crippen LogP contribution in [-0.2, 0) is 18.3 Å². The van der Waals surface area contributed by atoms with Crippen molar-refractivity contribution >= 4 is 17.2 Å². The number of piperidine rings is 1. The fourth-order valence-electron chi connectivity index (χ4n) is 4.07.